The summed E-state index contributed by atoms with van der Waals surface area (Å²) in [6.45, 7) is 1.66. The molecule has 5 heteroatoms. The first kappa shape index (κ1) is 8.94. The molecule has 62 valence electrons. The maximum atomic E-state index is 10.8. The predicted octanol–water partition coefficient (Wildman–Crippen LogP) is 1.48. The summed E-state index contributed by atoms with van der Waals surface area (Å²) in [6, 6.07) is 1.53. The van der Waals surface area contributed by atoms with Gasteiger partial charge in [0.2, 0.25) is 0 Å². The molecular weight excluding hydrogens is 174 g/mol. The number of carbonyl (C=O) groups is 1. The molecule has 0 aromatic heterocycles. The molecule has 0 aliphatic carbocycles. The van der Waals surface area contributed by atoms with Gasteiger partial charge in [-0.3, -0.25) is 0 Å². The molecule has 0 bridgehead atoms. The van der Waals surface area contributed by atoms with Crippen LogP contribution < -0.4 is 0 Å². The van der Waals surface area contributed by atoms with Gasteiger partial charge >= 0.3 is 6.03 Å². The quantitative estimate of drug-likeness (QED) is 0.568. The molecular formula is C7H7N3OS. The van der Waals surface area contributed by atoms with Crippen molar-refractivity contribution in [2.45, 2.75) is 6.92 Å². The summed E-state index contributed by atoms with van der Waals surface area (Å²) in [5, 5.41) is 9.25. The van der Waals surface area contributed by atoms with Crippen molar-refractivity contribution in [1.29, 1.82) is 5.26 Å². The van der Waals surface area contributed by atoms with Crippen LogP contribution in [0, 0.1) is 17.2 Å². The Labute approximate surface area is 74.4 Å². The molecule has 0 saturated carbocycles. The van der Waals surface area contributed by atoms with E-state index in [0.717, 1.165) is 0 Å². The average Bonchev–Trinajstić information content (AvgIpc) is 2.03. The van der Waals surface area contributed by atoms with E-state index in [1.165, 1.54) is 11.8 Å². The minimum absolute atomic E-state index is 0.433. The van der Waals surface area contributed by atoms with Gasteiger partial charge in [0.15, 0.2) is 0 Å². The summed E-state index contributed by atoms with van der Waals surface area (Å²) in [4.78, 5) is 18.0. The van der Waals surface area contributed by atoms with Gasteiger partial charge in [0, 0.05) is 5.71 Å². The SMILES string of the molecule is CSC1=NC(=O)N=C(C)C1C#N. The normalized spacial score (nSPS) is 22.8. The number of thioether (sulfide) groups is 1. The highest BCUT2D eigenvalue weighted by molar-refractivity contribution is 8.13. The van der Waals surface area contributed by atoms with Crippen molar-refractivity contribution in [1.82, 2.24) is 0 Å². The van der Waals surface area contributed by atoms with E-state index in [1.54, 1.807) is 13.2 Å². The number of amides is 2. The highest BCUT2D eigenvalue weighted by atomic mass is 32.2. The van der Waals surface area contributed by atoms with Crippen LogP contribution in [0.2, 0.25) is 0 Å². The first-order valence-electron chi connectivity index (χ1n) is 3.30. The van der Waals surface area contributed by atoms with Crippen molar-refractivity contribution >= 4 is 28.5 Å². The van der Waals surface area contributed by atoms with Crippen LogP contribution in [0.15, 0.2) is 9.98 Å². The number of carbonyl (C=O) groups excluding carboxylic acids is 1. The first-order chi connectivity index (χ1) is 5.69. The number of urea groups is 1. The Kier molecular flexibility index (Phi) is 2.61. The van der Waals surface area contributed by atoms with Crippen molar-refractivity contribution in [3.8, 4) is 6.07 Å². The lowest BCUT2D eigenvalue weighted by molar-refractivity contribution is 0.256. The highest BCUT2D eigenvalue weighted by Gasteiger charge is 2.23. The van der Waals surface area contributed by atoms with Crippen LogP contribution in [0.1, 0.15) is 6.92 Å². The molecule has 0 spiro atoms. The zero-order valence-corrected chi connectivity index (χ0v) is 7.55. The lowest BCUT2D eigenvalue weighted by atomic mass is 10.1. The third kappa shape index (κ3) is 1.53. The van der Waals surface area contributed by atoms with Crippen LogP contribution in [0.25, 0.3) is 0 Å². The Bertz CT molecular complexity index is 313. The minimum Gasteiger partial charge on any atom is -0.244 e. The van der Waals surface area contributed by atoms with Crippen LogP contribution >= 0.6 is 11.8 Å². The Hall–Kier alpha value is -1.15. The van der Waals surface area contributed by atoms with Crippen molar-refractivity contribution in [2.75, 3.05) is 6.26 Å². The largest absolute Gasteiger partial charge is 0.367 e. The fourth-order valence-corrected chi connectivity index (χ4v) is 1.52. The molecule has 1 aliphatic heterocycles. The molecule has 0 N–H and O–H groups in total. The number of nitriles is 1. The van der Waals surface area contributed by atoms with E-state index in [1.807, 2.05) is 6.07 Å². The molecule has 0 saturated heterocycles. The van der Waals surface area contributed by atoms with Crippen LogP contribution in [-0.4, -0.2) is 23.0 Å². The highest BCUT2D eigenvalue weighted by Crippen LogP contribution is 2.16. The number of hydrogen-bond acceptors (Lipinski definition) is 3. The topological polar surface area (TPSA) is 65.6 Å². The van der Waals surface area contributed by atoms with E-state index in [4.69, 9.17) is 5.26 Å². The van der Waals surface area contributed by atoms with Crippen LogP contribution in [0.4, 0.5) is 4.79 Å². The molecule has 1 atom stereocenters. The van der Waals surface area contributed by atoms with E-state index < -0.39 is 11.9 Å². The third-order valence-corrected chi connectivity index (χ3v) is 2.23. The van der Waals surface area contributed by atoms with Gasteiger partial charge in [-0.25, -0.2) is 4.79 Å². The number of nitrogens with zero attached hydrogens (tertiary/aromatic N) is 3. The second kappa shape index (κ2) is 3.50. The van der Waals surface area contributed by atoms with Crippen molar-refractivity contribution in [3.05, 3.63) is 0 Å². The van der Waals surface area contributed by atoms with Gasteiger partial charge in [-0.05, 0) is 13.2 Å². The number of aliphatic imine (C=N–C) groups is 2. The van der Waals surface area contributed by atoms with Crippen molar-refractivity contribution < 1.29 is 4.79 Å². The van der Waals surface area contributed by atoms with Gasteiger partial charge in [-0.15, -0.1) is 11.8 Å². The lowest BCUT2D eigenvalue weighted by Crippen LogP contribution is -2.23. The summed E-state index contributed by atoms with van der Waals surface area (Å²) >= 11 is 1.31. The first-order valence-corrected chi connectivity index (χ1v) is 4.53. The average molecular weight is 181 g/mol. The second-order valence-corrected chi connectivity index (χ2v) is 3.08. The van der Waals surface area contributed by atoms with Crippen molar-refractivity contribution in [2.24, 2.45) is 15.9 Å². The monoisotopic (exact) mass is 181 g/mol. The molecule has 1 heterocycles. The molecule has 0 radical (unpaired) electrons. The zero-order valence-electron chi connectivity index (χ0n) is 6.74. The summed E-state index contributed by atoms with van der Waals surface area (Å²) in [5.41, 5.74) is 0.529. The lowest BCUT2D eigenvalue weighted by Gasteiger charge is -2.12. The molecule has 0 aromatic rings. The van der Waals surface area contributed by atoms with Gasteiger partial charge in [0.1, 0.15) is 11.0 Å². The maximum Gasteiger partial charge on any atom is 0.367 e. The second-order valence-electron chi connectivity index (χ2n) is 2.25. The van der Waals surface area contributed by atoms with E-state index in [9.17, 15) is 4.79 Å². The predicted molar refractivity (Wildman–Crippen MR) is 48.6 cm³/mol. The van der Waals surface area contributed by atoms with Gasteiger partial charge in [-0.2, -0.15) is 15.2 Å². The fraction of sp³-hybridized carbons (Fsp3) is 0.429. The standard InChI is InChI=1S/C7H7N3OS/c1-4-5(3-8)6(12-2)10-7(11)9-4/h5H,1-2H3. The molecule has 2 amide bonds. The molecule has 0 fully saturated rings. The van der Waals surface area contributed by atoms with E-state index in [2.05, 4.69) is 9.98 Å². The molecule has 0 aromatic carbocycles. The Balaban J connectivity index is 3.01. The van der Waals surface area contributed by atoms with Gasteiger partial charge < -0.3 is 0 Å². The molecule has 4 nitrogen and oxygen atoms in total. The minimum atomic E-state index is -0.511. The summed E-state index contributed by atoms with van der Waals surface area (Å²) in [5.74, 6) is -0.433. The van der Waals surface area contributed by atoms with Gasteiger partial charge in [-0.1, -0.05) is 0 Å². The van der Waals surface area contributed by atoms with E-state index in [-0.39, 0.29) is 0 Å². The van der Waals surface area contributed by atoms with Gasteiger partial charge in [0.25, 0.3) is 0 Å². The van der Waals surface area contributed by atoms with Crippen LogP contribution in [-0.2, 0) is 0 Å². The van der Waals surface area contributed by atoms with E-state index >= 15 is 0 Å². The third-order valence-electron chi connectivity index (χ3n) is 1.48. The van der Waals surface area contributed by atoms with Gasteiger partial charge in [0.05, 0.1) is 6.07 Å². The molecule has 1 rings (SSSR count). The Morgan fingerprint density at radius 1 is 1.58 bits per heavy atom. The fourth-order valence-electron chi connectivity index (χ4n) is 0.890. The summed E-state index contributed by atoms with van der Waals surface area (Å²) < 4.78 is 0. The van der Waals surface area contributed by atoms with Crippen molar-refractivity contribution in [3.63, 3.8) is 0 Å². The zero-order chi connectivity index (χ0) is 9.14. The van der Waals surface area contributed by atoms with E-state index in [0.29, 0.717) is 10.8 Å². The molecule has 1 unspecified atom stereocenters. The molecule has 1 aliphatic rings. The summed E-state index contributed by atoms with van der Waals surface area (Å²) in [6.07, 6.45) is 1.79. The smallest absolute Gasteiger partial charge is 0.244 e. The summed E-state index contributed by atoms with van der Waals surface area (Å²) in [7, 11) is 0. The Morgan fingerprint density at radius 3 is 2.75 bits per heavy atom. The van der Waals surface area contributed by atoms with Crippen LogP contribution in [0.3, 0.4) is 0 Å². The maximum absolute atomic E-state index is 10.8. The number of hydrogen-bond donors (Lipinski definition) is 0. The number of rotatable bonds is 0. The Morgan fingerprint density at radius 2 is 2.25 bits per heavy atom. The van der Waals surface area contributed by atoms with Crippen LogP contribution in [0.5, 0.6) is 0 Å². The molecule has 12 heavy (non-hydrogen) atoms.